The van der Waals surface area contributed by atoms with Crippen molar-refractivity contribution >= 4 is 56.5 Å². The SMILES string of the molecule is [CH3][Sn]([CH3])([CH3])[c]1cc(Cl)sc1Cl. The summed E-state index contributed by atoms with van der Waals surface area (Å²) in [6.07, 6.45) is 0. The summed E-state index contributed by atoms with van der Waals surface area (Å²) < 4.78 is 3.06. The fourth-order valence-electron chi connectivity index (χ4n) is 0.852. The van der Waals surface area contributed by atoms with Crippen LogP contribution < -0.4 is 3.58 Å². The first-order chi connectivity index (χ1) is 4.91. The molecule has 1 heterocycles. The van der Waals surface area contributed by atoms with Gasteiger partial charge in [0, 0.05) is 0 Å². The minimum atomic E-state index is -1.96. The normalized spacial score (nSPS) is 12.1. The Labute approximate surface area is 85.4 Å². The van der Waals surface area contributed by atoms with Crippen LogP contribution in [0.25, 0.3) is 0 Å². The summed E-state index contributed by atoms with van der Waals surface area (Å²) in [6.45, 7) is 0. The maximum absolute atomic E-state index is 6.02. The van der Waals surface area contributed by atoms with E-state index < -0.39 is 18.4 Å². The number of hydrogen-bond acceptors (Lipinski definition) is 1. The number of hydrogen-bond donors (Lipinski definition) is 0. The molecule has 0 aromatic carbocycles. The Morgan fingerprint density at radius 1 is 1.27 bits per heavy atom. The van der Waals surface area contributed by atoms with E-state index in [-0.39, 0.29) is 0 Å². The van der Waals surface area contributed by atoms with Gasteiger partial charge >= 0.3 is 86.1 Å². The van der Waals surface area contributed by atoms with Crippen LogP contribution in [-0.2, 0) is 0 Å². The van der Waals surface area contributed by atoms with Gasteiger partial charge in [-0.1, -0.05) is 0 Å². The number of rotatable bonds is 1. The van der Waals surface area contributed by atoms with Crippen LogP contribution in [0, 0.1) is 0 Å². The monoisotopic (exact) mass is 316 g/mol. The summed E-state index contributed by atoms with van der Waals surface area (Å²) in [5.74, 6) is 0. The van der Waals surface area contributed by atoms with E-state index in [4.69, 9.17) is 23.2 Å². The molecular formula is C7H10Cl2SSn. The summed E-state index contributed by atoms with van der Waals surface area (Å²) in [5, 5.41) is 0. The molecule has 11 heavy (non-hydrogen) atoms. The number of halogens is 2. The second-order valence-corrected chi connectivity index (χ2v) is 20.2. The van der Waals surface area contributed by atoms with Gasteiger partial charge in [-0.15, -0.1) is 0 Å². The first kappa shape index (κ1) is 10.2. The van der Waals surface area contributed by atoms with Crippen LogP contribution in [0.15, 0.2) is 6.07 Å². The van der Waals surface area contributed by atoms with Crippen molar-refractivity contribution in [2.75, 3.05) is 0 Å². The van der Waals surface area contributed by atoms with Crippen molar-refractivity contribution in [1.29, 1.82) is 0 Å². The van der Waals surface area contributed by atoms with Gasteiger partial charge in [0.05, 0.1) is 0 Å². The molecule has 0 atom stereocenters. The summed E-state index contributed by atoms with van der Waals surface area (Å²) in [4.78, 5) is 7.00. The fraction of sp³-hybridized carbons (Fsp3) is 0.429. The Kier molecular flexibility index (Phi) is 3.18. The molecule has 0 spiro atoms. The maximum atomic E-state index is 6.02. The Morgan fingerprint density at radius 2 is 1.82 bits per heavy atom. The summed E-state index contributed by atoms with van der Waals surface area (Å²) in [5.41, 5.74) is 0. The van der Waals surface area contributed by atoms with Crippen molar-refractivity contribution in [3.05, 3.63) is 14.7 Å². The molecule has 0 fully saturated rings. The van der Waals surface area contributed by atoms with Crippen LogP contribution in [0.2, 0.25) is 23.5 Å². The van der Waals surface area contributed by atoms with Crippen molar-refractivity contribution in [2.45, 2.75) is 14.8 Å². The Balaban J connectivity index is 3.13. The molecule has 0 saturated carbocycles. The Bertz CT molecular complexity index is 262. The molecule has 0 unspecified atom stereocenters. The van der Waals surface area contributed by atoms with Crippen LogP contribution in [-0.4, -0.2) is 18.4 Å². The van der Waals surface area contributed by atoms with Crippen LogP contribution in [0.4, 0.5) is 0 Å². The van der Waals surface area contributed by atoms with Gasteiger partial charge in [-0.2, -0.15) is 0 Å². The third kappa shape index (κ3) is 2.51. The molecule has 0 bridgehead atoms. The molecule has 0 saturated heterocycles. The molecular weight excluding hydrogens is 306 g/mol. The van der Waals surface area contributed by atoms with Crippen molar-refractivity contribution in [1.82, 2.24) is 0 Å². The van der Waals surface area contributed by atoms with Crippen LogP contribution >= 0.6 is 34.5 Å². The molecule has 62 valence electrons. The molecule has 1 aromatic heterocycles. The summed E-state index contributed by atoms with van der Waals surface area (Å²) in [7, 11) is 0. The van der Waals surface area contributed by atoms with E-state index in [0.717, 1.165) is 8.67 Å². The van der Waals surface area contributed by atoms with Crippen molar-refractivity contribution in [3.8, 4) is 0 Å². The van der Waals surface area contributed by atoms with E-state index in [1.165, 1.54) is 14.9 Å². The molecule has 4 heteroatoms. The number of thiophene rings is 1. The standard InChI is InChI=1S/C4HCl2S.3CH3.Sn/c5-3-1-2-4(6)7-3;;;;/h1H;3*1H3;. The average Bonchev–Trinajstić information content (AvgIpc) is 2.08. The molecule has 0 nitrogen and oxygen atoms in total. The van der Waals surface area contributed by atoms with Gasteiger partial charge in [0.25, 0.3) is 0 Å². The van der Waals surface area contributed by atoms with E-state index in [9.17, 15) is 0 Å². The second kappa shape index (κ2) is 3.44. The van der Waals surface area contributed by atoms with E-state index >= 15 is 0 Å². The van der Waals surface area contributed by atoms with Gasteiger partial charge < -0.3 is 0 Å². The molecule has 0 aliphatic heterocycles. The zero-order valence-corrected chi connectivity index (χ0v) is 11.9. The molecule has 0 N–H and O–H groups in total. The van der Waals surface area contributed by atoms with Gasteiger partial charge in [-0.3, -0.25) is 0 Å². The average molecular weight is 316 g/mol. The van der Waals surface area contributed by atoms with E-state index in [1.54, 1.807) is 0 Å². The predicted octanol–water partition coefficient (Wildman–Crippen LogP) is 3.60. The third-order valence-electron chi connectivity index (χ3n) is 1.46. The van der Waals surface area contributed by atoms with Gasteiger partial charge in [-0.05, 0) is 0 Å². The van der Waals surface area contributed by atoms with Gasteiger partial charge in [0.1, 0.15) is 0 Å². The minimum absolute atomic E-state index is 0.816. The van der Waals surface area contributed by atoms with E-state index in [2.05, 4.69) is 14.8 Å². The molecule has 1 aromatic rings. The molecule has 0 aliphatic carbocycles. The fourth-order valence-corrected chi connectivity index (χ4v) is 10.4. The first-order valence-electron chi connectivity index (χ1n) is 3.36. The van der Waals surface area contributed by atoms with Gasteiger partial charge in [0.15, 0.2) is 0 Å². The Morgan fingerprint density at radius 3 is 2.00 bits per heavy atom. The van der Waals surface area contributed by atoms with Crippen molar-refractivity contribution in [2.24, 2.45) is 0 Å². The molecule has 0 amide bonds. The first-order valence-corrected chi connectivity index (χ1v) is 14.9. The van der Waals surface area contributed by atoms with Gasteiger partial charge in [-0.25, -0.2) is 0 Å². The van der Waals surface area contributed by atoms with Gasteiger partial charge in [0.2, 0.25) is 0 Å². The molecule has 0 aliphatic rings. The summed E-state index contributed by atoms with van der Waals surface area (Å²) in [6, 6.07) is 2.03. The molecule has 0 radical (unpaired) electrons. The van der Waals surface area contributed by atoms with Crippen LogP contribution in [0.1, 0.15) is 0 Å². The summed E-state index contributed by atoms with van der Waals surface area (Å²) >= 11 is 11.4. The molecule has 1 rings (SSSR count). The van der Waals surface area contributed by atoms with E-state index in [1.807, 2.05) is 6.07 Å². The zero-order chi connectivity index (χ0) is 8.65. The predicted molar refractivity (Wildman–Crippen MR) is 57.3 cm³/mol. The quantitative estimate of drug-likeness (QED) is 0.695. The topological polar surface area (TPSA) is 0 Å². The second-order valence-electron chi connectivity index (χ2n) is 3.49. The van der Waals surface area contributed by atoms with E-state index in [0.29, 0.717) is 0 Å². The van der Waals surface area contributed by atoms with Crippen molar-refractivity contribution < 1.29 is 0 Å². The van der Waals surface area contributed by atoms with Crippen LogP contribution in [0.3, 0.4) is 0 Å². The third-order valence-corrected chi connectivity index (χ3v) is 9.66. The van der Waals surface area contributed by atoms with Crippen molar-refractivity contribution in [3.63, 3.8) is 0 Å². The zero-order valence-electron chi connectivity index (χ0n) is 6.74. The van der Waals surface area contributed by atoms with Crippen LogP contribution in [0.5, 0.6) is 0 Å². The Hall–Kier alpha value is 1.08.